The minimum Gasteiger partial charge on any atom is -0.326 e. The fourth-order valence-corrected chi connectivity index (χ4v) is 1.70. The highest BCUT2D eigenvalue weighted by atomic mass is 79.9. The molecule has 1 aromatic rings. The molecule has 4 heteroatoms. The molecule has 0 spiro atoms. The summed E-state index contributed by atoms with van der Waals surface area (Å²) in [5.74, 6) is 0. The van der Waals surface area contributed by atoms with Gasteiger partial charge in [-0.3, -0.25) is 0 Å². The topological polar surface area (TPSA) is 38.9 Å². The lowest BCUT2D eigenvalue weighted by molar-refractivity contribution is 0.476. The van der Waals surface area contributed by atoms with E-state index in [4.69, 9.17) is 17.3 Å². The Morgan fingerprint density at radius 1 is 1.57 bits per heavy atom. The van der Waals surface area contributed by atoms with E-state index < -0.39 is 0 Å². The zero-order chi connectivity index (χ0) is 10.8. The molecule has 14 heavy (non-hydrogen) atoms. The second-order valence-corrected chi connectivity index (χ2v) is 5.33. The molecule has 0 saturated heterocycles. The van der Waals surface area contributed by atoms with Gasteiger partial charge in [-0.1, -0.05) is 11.6 Å². The second kappa shape index (κ2) is 4.60. The van der Waals surface area contributed by atoms with Crippen LogP contribution in [0.4, 0.5) is 0 Å². The summed E-state index contributed by atoms with van der Waals surface area (Å²) in [6.45, 7) is 4.04. The Bertz CT molecular complexity index is 320. The molecule has 2 N–H and O–H groups in total. The molecule has 0 unspecified atom stereocenters. The zero-order valence-corrected chi connectivity index (χ0v) is 10.7. The number of aryl methyl sites for hydroxylation is 1. The number of hydrogen-bond acceptors (Lipinski definition) is 2. The van der Waals surface area contributed by atoms with Gasteiger partial charge in [0.25, 0.3) is 0 Å². The number of pyridine rings is 1. The first kappa shape index (κ1) is 12.0. The van der Waals surface area contributed by atoms with Crippen LogP contribution in [0.3, 0.4) is 0 Å². The average Bonchev–Trinajstić information content (AvgIpc) is 2.05. The Morgan fingerprint density at radius 2 is 2.21 bits per heavy atom. The van der Waals surface area contributed by atoms with E-state index in [0.29, 0.717) is 5.15 Å². The maximum absolute atomic E-state index is 5.91. The normalized spacial score (nSPS) is 11.8. The van der Waals surface area contributed by atoms with Crippen LogP contribution in [0.1, 0.15) is 25.8 Å². The first-order valence-corrected chi connectivity index (χ1v) is 5.64. The lowest BCUT2D eigenvalue weighted by Crippen LogP contribution is -2.32. The first-order chi connectivity index (χ1) is 6.38. The van der Waals surface area contributed by atoms with Crippen molar-refractivity contribution in [2.45, 2.75) is 32.2 Å². The van der Waals surface area contributed by atoms with Crippen molar-refractivity contribution < 1.29 is 0 Å². The zero-order valence-electron chi connectivity index (χ0n) is 8.35. The monoisotopic (exact) mass is 276 g/mol. The Morgan fingerprint density at radius 3 is 2.79 bits per heavy atom. The predicted octanol–water partition coefficient (Wildman–Crippen LogP) is 3.17. The summed E-state index contributed by atoms with van der Waals surface area (Å²) in [6, 6.07) is 1.87. The lowest BCUT2D eigenvalue weighted by Gasteiger charge is -2.18. The number of aromatic nitrogens is 1. The van der Waals surface area contributed by atoms with Crippen LogP contribution >= 0.6 is 27.5 Å². The summed E-state index contributed by atoms with van der Waals surface area (Å²) in [4.78, 5) is 3.97. The number of hydrogen-bond donors (Lipinski definition) is 1. The lowest BCUT2D eigenvalue weighted by atomic mass is 9.97. The summed E-state index contributed by atoms with van der Waals surface area (Å²) < 4.78 is 0.992. The van der Waals surface area contributed by atoms with Gasteiger partial charge in [-0.05, 0) is 54.2 Å². The van der Waals surface area contributed by atoms with Crippen LogP contribution < -0.4 is 5.73 Å². The fraction of sp³-hybridized carbons (Fsp3) is 0.500. The molecule has 0 aromatic carbocycles. The smallest absolute Gasteiger partial charge is 0.129 e. The van der Waals surface area contributed by atoms with Gasteiger partial charge in [0.2, 0.25) is 0 Å². The van der Waals surface area contributed by atoms with Gasteiger partial charge in [0.05, 0.1) is 0 Å². The van der Waals surface area contributed by atoms with Crippen molar-refractivity contribution in [1.82, 2.24) is 4.98 Å². The highest BCUT2D eigenvalue weighted by Crippen LogP contribution is 2.21. The maximum Gasteiger partial charge on any atom is 0.129 e. The molecule has 0 amide bonds. The molecule has 1 aromatic heterocycles. The fourth-order valence-electron chi connectivity index (χ4n) is 1.10. The van der Waals surface area contributed by atoms with Crippen LogP contribution in [0.25, 0.3) is 0 Å². The highest BCUT2D eigenvalue weighted by Gasteiger charge is 2.11. The average molecular weight is 278 g/mol. The van der Waals surface area contributed by atoms with E-state index in [2.05, 4.69) is 20.9 Å². The molecule has 0 fully saturated rings. The molecule has 0 aliphatic rings. The largest absolute Gasteiger partial charge is 0.326 e. The number of nitrogens with two attached hydrogens (primary N) is 1. The van der Waals surface area contributed by atoms with E-state index in [-0.39, 0.29) is 5.54 Å². The van der Waals surface area contributed by atoms with E-state index in [0.717, 1.165) is 22.9 Å². The SMILES string of the molecule is CC(C)(N)CCc1cc(Cl)ncc1Br. The van der Waals surface area contributed by atoms with E-state index in [1.165, 1.54) is 0 Å². The van der Waals surface area contributed by atoms with E-state index in [9.17, 15) is 0 Å². The molecule has 0 radical (unpaired) electrons. The van der Waals surface area contributed by atoms with Crippen molar-refractivity contribution in [2.24, 2.45) is 5.73 Å². The third-order valence-corrected chi connectivity index (χ3v) is 2.86. The van der Waals surface area contributed by atoms with Crippen LogP contribution in [-0.2, 0) is 6.42 Å². The molecule has 0 atom stereocenters. The van der Waals surface area contributed by atoms with Gasteiger partial charge in [0, 0.05) is 16.2 Å². The summed E-state index contributed by atoms with van der Waals surface area (Å²) in [6.07, 6.45) is 3.56. The molecular weight excluding hydrogens is 263 g/mol. The van der Waals surface area contributed by atoms with Crippen molar-refractivity contribution in [2.75, 3.05) is 0 Å². The first-order valence-electron chi connectivity index (χ1n) is 4.47. The van der Waals surface area contributed by atoms with Gasteiger partial charge >= 0.3 is 0 Å². The van der Waals surface area contributed by atoms with E-state index in [1.54, 1.807) is 6.20 Å². The summed E-state index contributed by atoms with van der Waals surface area (Å²) in [5.41, 5.74) is 6.92. The Balaban J connectivity index is 2.72. The van der Waals surface area contributed by atoms with Crippen LogP contribution in [-0.4, -0.2) is 10.5 Å². The van der Waals surface area contributed by atoms with Crippen molar-refractivity contribution in [1.29, 1.82) is 0 Å². The molecule has 0 bridgehead atoms. The van der Waals surface area contributed by atoms with Gasteiger partial charge in [0.15, 0.2) is 0 Å². The predicted molar refractivity (Wildman–Crippen MR) is 63.5 cm³/mol. The maximum atomic E-state index is 5.91. The van der Waals surface area contributed by atoms with Crippen molar-refractivity contribution in [3.8, 4) is 0 Å². The van der Waals surface area contributed by atoms with Gasteiger partial charge in [0.1, 0.15) is 5.15 Å². The van der Waals surface area contributed by atoms with Gasteiger partial charge < -0.3 is 5.73 Å². The summed E-state index contributed by atoms with van der Waals surface area (Å²) >= 11 is 9.24. The Labute approximate surface area is 98.0 Å². The van der Waals surface area contributed by atoms with Gasteiger partial charge in [-0.2, -0.15) is 0 Å². The molecule has 2 nitrogen and oxygen atoms in total. The van der Waals surface area contributed by atoms with Crippen molar-refractivity contribution in [3.63, 3.8) is 0 Å². The van der Waals surface area contributed by atoms with Crippen LogP contribution in [0, 0.1) is 0 Å². The quantitative estimate of drug-likeness (QED) is 0.862. The molecule has 0 saturated carbocycles. The second-order valence-electron chi connectivity index (χ2n) is 4.09. The van der Waals surface area contributed by atoms with Crippen molar-refractivity contribution in [3.05, 3.63) is 27.5 Å². The minimum atomic E-state index is -0.144. The number of nitrogens with zero attached hydrogens (tertiary/aromatic N) is 1. The minimum absolute atomic E-state index is 0.144. The Kier molecular flexibility index (Phi) is 3.93. The molecule has 0 aliphatic heterocycles. The summed E-state index contributed by atoms with van der Waals surface area (Å²) in [5, 5.41) is 0.526. The van der Waals surface area contributed by atoms with Crippen LogP contribution in [0.15, 0.2) is 16.7 Å². The number of rotatable bonds is 3. The Hall–Kier alpha value is -0.120. The molecule has 0 aliphatic carbocycles. The summed E-state index contributed by atoms with van der Waals surface area (Å²) in [7, 11) is 0. The third-order valence-electron chi connectivity index (χ3n) is 1.94. The molecule has 78 valence electrons. The van der Waals surface area contributed by atoms with E-state index >= 15 is 0 Å². The number of halogens is 2. The van der Waals surface area contributed by atoms with Crippen LogP contribution in [0.2, 0.25) is 5.15 Å². The van der Waals surface area contributed by atoms with Gasteiger partial charge in [-0.15, -0.1) is 0 Å². The van der Waals surface area contributed by atoms with E-state index in [1.807, 2.05) is 19.9 Å². The highest BCUT2D eigenvalue weighted by molar-refractivity contribution is 9.10. The standard InChI is InChI=1S/C10H14BrClN2/c1-10(2,13)4-3-7-5-9(12)14-6-8(7)11/h5-6H,3-4,13H2,1-2H3. The molecule has 1 rings (SSSR count). The molecule has 1 heterocycles. The van der Waals surface area contributed by atoms with Gasteiger partial charge in [-0.25, -0.2) is 4.98 Å². The third kappa shape index (κ3) is 3.95. The molecular formula is C10H14BrClN2. The van der Waals surface area contributed by atoms with Crippen molar-refractivity contribution >= 4 is 27.5 Å². The van der Waals surface area contributed by atoms with Crippen LogP contribution in [0.5, 0.6) is 0 Å².